The van der Waals surface area contributed by atoms with Gasteiger partial charge in [-0.05, 0) is 66.8 Å². The van der Waals surface area contributed by atoms with Gasteiger partial charge in [-0.25, -0.2) is 0 Å². The Morgan fingerprint density at radius 2 is 1.68 bits per heavy atom. The van der Waals surface area contributed by atoms with Gasteiger partial charge >= 0.3 is 0 Å². The summed E-state index contributed by atoms with van der Waals surface area (Å²) in [7, 11) is 1.54. The SMILES string of the molecule is CCOc1ccc(/C(O)=C2/C(=O)C(=O)N(CCOC)C2c2ccc(OCc3ccc(C)cc3)cc2)cc1C(C)C. The summed E-state index contributed by atoms with van der Waals surface area (Å²) >= 11 is 0. The van der Waals surface area contributed by atoms with E-state index in [-0.39, 0.29) is 30.4 Å². The van der Waals surface area contributed by atoms with Crippen molar-refractivity contribution in [3.63, 3.8) is 0 Å². The zero-order valence-electron chi connectivity index (χ0n) is 23.8. The van der Waals surface area contributed by atoms with Crippen LogP contribution in [0.4, 0.5) is 0 Å². The Kier molecular flexibility index (Phi) is 9.27. The molecule has 1 fully saturated rings. The second-order valence-electron chi connectivity index (χ2n) is 10.2. The first-order valence-electron chi connectivity index (χ1n) is 13.6. The molecule has 0 aromatic heterocycles. The highest BCUT2D eigenvalue weighted by atomic mass is 16.5. The Balaban J connectivity index is 1.70. The molecule has 0 radical (unpaired) electrons. The van der Waals surface area contributed by atoms with Crippen LogP contribution in [0.5, 0.6) is 11.5 Å². The number of aliphatic hydroxyl groups is 1. The summed E-state index contributed by atoms with van der Waals surface area (Å²) < 4.78 is 16.9. The van der Waals surface area contributed by atoms with E-state index < -0.39 is 17.7 Å². The summed E-state index contributed by atoms with van der Waals surface area (Å²) in [6.45, 7) is 9.41. The third-order valence-electron chi connectivity index (χ3n) is 7.00. The Bertz CT molecular complexity index is 1380. The number of aliphatic hydroxyl groups excluding tert-OH is 1. The molecule has 4 rings (SSSR count). The van der Waals surface area contributed by atoms with Crippen molar-refractivity contribution in [2.75, 3.05) is 26.9 Å². The average Bonchev–Trinajstić information content (AvgIpc) is 3.21. The van der Waals surface area contributed by atoms with Crippen molar-refractivity contribution in [1.29, 1.82) is 0 Å². The van der Waals surface area contributed by atoms with Crippen LogP contribution in [0.25, 0.3) is 5.76 Å². The number of amides is 1. The summed E-state index contributed by atoms with van der Waals surface area (Å²) in [6, 6.07) is 20.0. The molecule has 0 spiro atoms. The van der Waals surface area contributed by atoms with Gasteiger partial charge in [0.25, 0.3) is 11.7 Å². The molecule has 1 aliphatic heterocycles. The minimum atomic E-state index is -0.768. The minimum Gasteiger partial charge on any atom is -0.507 e. The van der Waals surface area contributed by atoms with Gasteiger partial charge in [-0.2, -0.15) is 0 Å². The lowest BCUT2D eigenvalue weighted by molar-refractivity contribution is -0.140. The Morgan fingerprint density at radius 1 is 0.975 bits per heavy atom. The largest absolute Gasteiger partial charge is 0.507 e. The van der Waals surface area contributed by atoms with Gasteiger partial charge in [0.2, 0.25) is 0 Å². The second-order valence-corrected chi connectivity index (χ2v) is 10.2. The van der Waals surface area contributed by atoms with E-state index in [2.05, 4.69) is 0 Å². The van der Waals surface area contributed by atoms with Crippen molar-refractivity contribution < 1.29 is 28.9 Å². The summed E-state index contributed by atoms with van der Waals surface area (Å²) in [4.78, 5) is 27.9. The number of ether oxygens (including phenoxy) is 3. The van der Waals surface area contributed by atoms with E-state index >= 15 is 0 Å². The highest BCUT2D eigenvalue weighted by molar-refractivity contribution is 6.46. The Morgan fingerprint density at radius 3 is 2.30 bits per heavy atom. The molecule has 0 bridgehead atoms. The van der Waals surface area contributed by atoms with E-state index in [9.17, 15) is 14.7 Å². The molecule has 1 N–H and O–H groups in total. The van der Waals surface area contributed by atoms with Gasteiger partial charge in [0, 0.05) is 19.2 Å². The number of ketones is 1. The molecular formula is C33H37NO6. The van der Waals surface area contributed by atoms with Crippen molar-refractivity contribution in [2.24, 2.45) is 0 Å². The standard InChI is InChI=1S/C33H37NO6/c1-6-39-28-16-13-25(19-27(28)21(2)3)31(35)29-30(34(17-18-38-5)33(37)32(29)36)24-11-14-26(15-12-24)40-20-23-9-7-22(4)8-10-23/h7-16,19,21,30,35H,6,17-18,20H2,1-5H3/b31-29-. The average molecular weight is 544 g/mol. The van der Waals surface area contributed by atoms with Crippen LogP contribution < -0.4 is 9.47 Å². The highest BCUT2D eigenvalue weighted by Crippen LogP contribution is 2.40. The maximum absolute atomic E-state index is 13.3. The van der Waals surface area contributed by atoms with Crippen LogP contribution in [0.15, 0.2) is 72.3 Å². The van der Waals surface area contributed by atoms with Crippen molar-refractivity contribution in [3.05, 3.63) is 100 Å². The summed E-state index contributed by atoms with van der Waals surface area (Å²) in [5, 5.41) is 11.5. The van der Waals surface area contributed by atoms with Crippen LogP contribution in [-0.2, 0) is 20.9 Å². The molecule has 1 atom stereocenters. The molecule has 7 nitrogen and oxygen atoms in total. The summed E-state index contributed by atoms with van der Waals surface area (Å²) in [5.41, 5.74) is 4.34. The number of aryl methyl sites for hydroxylation is 1. The fraction of sp³-hybridized carbons (Fsp3) is 0.333. The van der Waals surface area contributed by atoms with E-state index in [1.54, 1.807) is 19.2 Å². The van der Waals surface area contributed by atoms with Gasteiger partial charge in [-0.3, -0.25) is 9.59 Å². The lowest BCUT2D eigenvalue weighted by Gasteiger charge is -2.25. The molecule has 210 valence electrons. The number of methoxy groups -OCH3 is 1. The van der Waals surface area contributed by atoms with E-state index in [1.165, 1.54) is 10.5 Å². The lowest BCUT2D eigenvalue weighted by atomic mass is 9.93. The number of hydrogen-bond acceptors (Lipinski definition) is 6. The molecule has 1 aliphatic rings. The fourth-order valence-corrected chi connectivity index (χ4v) is 4.83. The number of hydrogen-bond donors (Lipinski definition) is 1. The first-order chi connectivity index (χ1) is 19.2. The zero-order chi connectivity index (χ0) is 28.8. The molecule has 1 saturated heterocycles. The number of likely N-dealkylation sites (tertiary alicyclic amines) is 1. The number of rotatable bonds is 11. The molecule has 1 amide bonds. The first kappa shape index (κ1) is 28.9. The minimum absolute atomic E-state index is 0.0493. The van der Waals surface area contributed by atoms with Gasteiger partial charge in [0.05, 0.1) is 24.8 Å². The Labute approximate surface area is 236 Å². The summed E-state index contributed by atoms with van der Waals surface area (Å²) in [5.74, 6) is -0.0928. The van der Waals surface area contributed by atoms with E-state index in [0.29, 0.717) is 30.1 Å². The van der Waals surface area contributed by atoms with Gasteiger partial charge in [0.15, 0.2) is 0 Å². The summed E-state index contributed by atoms with van der Waals surface area (Å²) in [6.07, 6.45) is 0. The van der Waals surface area contributed by atoms with Crippen LogP contribution >= 0.6 is 0 Å². The topological polar surface area (TPSA) is 85.3 Å². The number of nitrogens with zero attached hydrogens (tertiary/aromatic N) is 1. The smallest absolute Gasteiger partial charge is 0.295 e. The lowest BCUT2D eigenvalue weighted by Crippen LogP contribution is -2.32. The quantitative estimate of drug-likeness (QED) is 0.177. The van der Waals surface area contributed by atoms with Gasteiger partial charge < -0.3 is 24.2 Å². The maximum Gasteiger partial charge on any atom is 0.295 e. The molecule has 0 aliphatic carbocycles. The molecule has 3 aromatic carbocycles. The van der Waals surface area contributed by atoms with E-state index in [1.807, 2.05) is 82.3 Å². The van der Waals surface area contributed by atoms with E-state index in [4.69, 9.17) is 14.2 Å². The monoisotopic (exact) mass is 543 g/mol. The Hall–Kier alpha value is -4.10. The molecular weight excluding hydrogens is 506 g/mol. The van der Waals surface area contributed by atoms with Crippen molar-refractivity contribution >= 4 is 17.4 Å². The molecule has 40 heavy (non-hydrogen) atoms. The fourth-order valence-electron chi connectivity index (χ4n) is 4.83. The van der Waals surface area contributed by atoms with Crippen LogP contribution in [0.2, 0.25) is 0 Å². The van der Waals surface area contributed by atoms with Crippen LogP contribution in [0, 0.1) is 6.92 Å². The van der Waals surface area contributed by atoms with Crippen molar-refractivity contribution in [2.45, 2.75) is 46.3 Å². The van der Waals surface area contributed by atoms with Crippen LogP contribution in [-0.4, -0.2) is 48.6 Å². The maximum atomic E-state index is 13.3. The zero-order valence-corrected chi connectivity index (χ0v) is 23.8. The first-order valence-corrected chi connectivity index (χ1v) is 13.6. The van der Waals surface area contributed by atoms with Crippen molar-refractivity contribution in [3.8, 4) is 11.5 Å². The van der Waals surface area contributed by atoms with Gasteiger partial charge in [-0.15, -0.1) is 0 Å². The number of carbonyl (C=O) groups is 2. The number of Topliss-reactive ketones (excluding diaryl/α,β-unsaturated/α-hetero) is 1. The number of benzene rings is 3. The second kappa shape index (κ2) is 12.8. The highest BCUT2D eigenvalue weighted by Gasteiger charge is 2.46. The predicted octanol–water partition coefficient (Wildman–Crippen LogP) is 6.16. The normalized spacial score (nSPS) is 16.6. The van der Waals surface area contributed by atoms with Gasteiger partial charge in [0.1, 0.15) is 23.9 Å². The van der Waals surface area contributed by atoms with Crippen LogP contribution in [0.3, 0.4) is 0 Å². The third-order valence-corrected chi connectivity index (χ3v) is 7.00. The van der Waals surface area contributed by atoms with E-state index in [0.717, 1.165) is 16.9 Å². The molecule has 3 aromatic rings. The van der Waals surface area contributed by atoms with Crippen molar-refractivity contribution in [1.82, 2.24) is 4.90 Å². The molecule has 1 heterocycles. The molecule has 0 saturated carbocycles. The third kappa shape index (κ3) is 6.20. The van der Waals surface area contributed by atoms with Gasteiger partial charge in [-0.1, -0.05) is 55.8 Å². The molecule has 7 heteroatoms. The predicted molar refractivity (Wildman–Crippen MR) is 155 cm³/mol. The molecule has 1 unspecified atom stereocenters. The number of carbonyl (C=O) groups excluding carboxylic acids is 2. The van der Waals surface area contributed by atoms with Crippen LogP contribution in [0.1, 0.15) is 60.5 Å².